The van der Waals surface area contributed by atoms with Crippen LogP contribution < -0.4 is 10.2 Å². The fourth-order valence-corrected chi connectivity index (χ4v) is 5.76. The quantitative estimate of drug-likeness (QED) is 0.404. The van der Waals surface area contributed by atoms with Gasteiger partial charge in [-0.2, -0.15) is 0 Å². The molecule has 1 amide bonds. The summed E-state index contributed by atoms with van der Waals surface area (Å²) in [6, 6.07) is 22.7. The number of anilines is 1. The maximum Gasteiger partial charge on any atom is 0.306 e. The first-order valence-electron chi connectivity index (χ1n) is 12.7. The van der Waals surface area contributed by atoms with Crippen LogP contribution >= 0.6 is 11.6 Å². The summed E-state index contributed by atoms with van der Waals surface area (Å²) >= 11 is 6.40. The Bertz CT molecular complexity index is 1240. The van der Waals surface area contributed by atoms with Crippen molar-refractivity contribution in [1.29, 1.82) is 0 Å². The summed E-state index contributed by atoms with van der Waals surface area (Å²) in [6.07, 6.45) is 3.88. The van der Waals surface area contributed by atoms with Crippen molar-refractivity contribution in [3.63, 3.8) is 0 Å². The zero-order valence-electron chi connectivity index (χ0n) is 20.3. The highest BCUT2D eigenvalue weighted by molar-refractivity contribution is 6.31. The average molecular weight is 503 g/mol. The number of nitrogens with one attached hydrogen (secondary N) is 1. The molecule has 3 aromatic rings. The van der Waals surface area contributed by atoms with Gasteiger partial charge >= 0.3 is 5.97 Å². The maximum absolute atomic E-state index is 13.3. The Labute approximate surface area is 217 Å². The van der Waals surface area contributed by atoms with Crippen molar-refractivity contribution in [2.24, 2.45) is 11.8 Å². The highest BCUT2D eigenvalue weighted by atomic mass is 35.5. The lowest BCUT2D eigenvalue weighted by atomic mass is 9.82. The second kappa shape index (κ2) is 10.8. The van der Waals surface area contributed by atoms with Crippen LogP contribution in [0.1, 0.15) is 47.2 Å². The summed E-state index contributed by atoms with van der Waals surface area (Å²) in [5.41, 5.74) is 6.27. The second-order valence-corrected chi connectivity index (χ2v) is 10.4. The van der Waals surface area contributed by atoms with Crippen molar-refractivity contribution in [3.8, 4) is 11.1 Å². The average Bonchev–Trinajstić information content (AvgIpc) is 3.30. The number of rotatable bonds is 7. The molecule has 1 aliphatic carbocycles. The zero-order chi connectivity index (χ0) is 25.1. The fraction of sp³-hybridized carbons (Fsp3) is 0.333. The molecule has 186 valence electrons. The molecule has 1 aliphatic heterocycles. The summed E-state index contributed by atoms with van der Waals surface area (Å²) in [6.45, 7) is 2.13. The molecular formula is C30H31ClN2O3. The van der Waals surface area contributed by atoms with E-state index in [4.69, 9.17) is 11.6 Å². The molecule has 36 heavy (non-hydrogen) atoms. The Morgan fingerprint density at radius 3 is 2.33 bits per heavy atom. The van der Waals surface area contributed by atoms with Crippen molar-refractivity contribution in [2.75, 3.05) is 18.0 Å². The monoisotopic (exact) mass is 502 g/mol. The number of benzene rings is 3. The van der Waals surface area contributed by atoms with E-state index in [0.717, 1.165) is 43.6 Å². The lowest BCUT2D eigenvalue weighted by molar-refractivity contribution is -0.143. The third-order valence-corrected chi connectivity index (χ3v) is 7.77. The molecule has 0 spiro atoms. The Morgan fingerprint density at radius 1 is 0.944 bits per heavy atom. The Morgan fingerprint density at radius 2 is 1.64 bits per heavy atom. The lowest BCUT2D eigenvalue weighted by Gasteiger charge is -2.27. The summed E-state index contributed by atoms with van der Waals surface area (Å²) in [4.78, 5) is 26.8. The topological polar surface area (TPSA) is 69.6 Å². The first kappa shape index (κ1) is 24.4. The van der Waals surface area contributed by atoms with Crippen molar-refractivity contribution >= 4 is 29.2 Å². The molecular weight excluding hydrogens is 472 g/mol. The molecule has 1 heterocycles. The molecule has 1 saturated carbocycles. The number of nitrogens with zero attached hydrogens (tertiary/aromatic N) is 1. The van der Waals surface area contributed by atoms with Crippen LogP contribution in [-0.4, -0.2) is 30.1 Å². The van der Waals surface area contributed by atoms with Crippen LogP contribution in [-0.2, 0) is 17.8 Å². The predicted molar refractivity (Wildman–Crippen MR) is 144 cm³/mol. The van der Waals surface area contributed by atoms with Crippen LogP contribution in [0.4, 0.5) is 5.69 Å². The molecule has 0 unspecified atom stereocenters. The fourth-order valence-electron chi connectivity index (χ4n) is 5.52. The van der Waals surface area contributed by atoms with Gasteiger partial charge in [-0.3, -0.25) is 9.59 Å². The minimum atomic E-state index is -0.707. The smallest absolute Gasteiger partial charge is 0.306 e. The minimum absolute atomic E-state index is 0.111. The molecule has 0 atom stereocenters. The summed E-state index contributed by atoms with van der Waals surface area (Å²) < 4.78 is 0. The Kier molecular flexibility index (Phi) is 7.28. The van der Waals surface area contributed by atoms with Gasteiger partial charge in [-0.15, -0.1) is 0 Å². The zero-order valence-corrected chi connectivity index (χ0v) is 21.0. The third-order valence-electron chi connectivity index (χ3n) is 7.55. The summed E-state index contributed by atoms with van der Waals surface area (Å²) in [5.74, 6) is -0.748. The van der Waals surface area contributed by atoms with Gasteiger partial charge in [0.2, 0.25) is 0 Å². The van der Waals surface area contributed by atoms with Crippen LogP contribution in [0.15, 0.2) is 66.7 Å². The van der Waals surface area contributed by atoms with Gasteiger partial charge < -0.3 is 15.3 Å². The van der Waals surface area contributed by atoms with Gasteiger partial charge in [0.15, 0.2) is 0 Å². The molecule has 2 aliphatic rings. The van der Waals surface area contributed by atoms with Gasteiger partial charge in [-0.1, -0.05) is 66.2 Å². The van der Waals surface area contributed by atoms with Gasteiger partial charge in [0.05, 0.1) is 17.2 Å². The number of fused-ring (bicyclic) bond motifs is 1. The van der Waals surface area contributed by atoms with Gasteiger partial charge in [0.25, 0.3) is 5.91 Å². The molecule has 5 rings (SSSR count). The van der Waals surface area contributed by atoms with Gasteiger partial charge in [0, 0.05) is 24.7 Å². The standard InChI is InChI=1S/C30H31ClN2O3/c31-26-16-25-14-15-33(19-21-8-10-23(11-9-21)22-4-2-1-3-5-22)28(25)27(17-26)29(34)32-18-20-6-12-24(13-7-20)30(35)36/h1-5,8-11,16-17,20,24H,6-7,12-15,18-19H2,(H,32,34)(H,35,36)/t20-,24-. The first-order chi connectivity index (χ1) is 17.5. The number of amides is 1. The number of hydrogen-bond acceptors (Lipinski definition) is 3. The number of halogens is 1. The van der Waals surface area contributed by atoms with Crippen LogP contribution in [0.25, 0.3) is 11.1 Å². The molecule has 6 heteroatoms. The van der Waals surface area contributed by atoms with E-state index in [-0.39, 0.29) is 11.8 Å². The number of carboxylic acids is 1. The Hall–Kier alpha value is -3.31. The van der Waals surface area contributed by atoms with Crippen LogP contribution in [0, 0.1) is 11.8 Å². The molecule has 0 bridgehead atoms. The largest absolute Gasteiger partial charge is 0.481 e. The van der Waals surface area contributed by atoms with Crippen LogP contribution in [0.3, 0.4) is 0 Å². The lowest BCUT2D eigenvalue weighted by Crippen LogP contribution is -2.33. The maximum atomic E-state index is 13.3. The SMILES string of the molecule is O=C(NC[C@H]1CC[C@H](C(=O)O)CC1)c1cc(Cl)cc2c1N(Cc1ccc(-c3ccccc3)cc1)CC2. The third kappa shape index (κ3) is 5.41. The van der Waals surface area contributed by atoms with E-state index in [1.807, 2.05) is 24.3 Å². The van der Waals surface area contributed by atoms with Crippen LogP contribution in [0.2, 0.25) is 5.02 Å². The number of aliphatic carboxylic acids is 1. The number of carbonyl (C=O) groups excluding carboxylic acids is 1. The van der Waals surface area contributed by atoms with Crippen molar-refractivity contribution in [1.82, 2.24) is 5.32 Å². The minimum Gasteiger partial charge on any atom is -0.481 e. The van der Waals surface area contributed by atoms with E-state index in [9.17, 15) is 14.7 Å². The van der Waals surface area contributed by atoms with E-state index in [0.29, 0.717) is 35.9 Å². The number of carbonyl (C=O) groups is 2. The molecule has 1 fully saturated rings. The van der Waals surface area contributed by atoms with Crippen molar-refractivity contribution in [3.05, 3.63) is 88.4 Å². The first-order valence-corrected chi connectivity index (χ1v) is 13.1. The Balaban J connectivity index is 1.27. The van der Waals surface area contributed by atoms with Crippen molar-refractivity contribution in [2.45, 2.75) is 38.6 Å². The molecule has 0 aromatic heterocycles. The van der Waals surface area contributed by atoms with E-state index in [2.05, 4.69) is 46.6 Å². The van der Waals surface area contributed by atoms with Crippen LogP contribution in [0.5, 0.6) is 0 Å². The van der Waals surface area contributed by atoms with Gasteiger partial charge in [0.1, 0.15) is 0 Å². The summed E-state index contributed by atoms with van der Waals surface area (Å²) in [7, 11) is 0. The second-order valence-electron chi connectivity index (χ2n) is 9.96. The predicted octanol–water partition coefficient (Wildman–Crippen LogP) is 6.19. The van der Waals surface area contributed by atoms with Gasteiger partial charge in [-0.05, 0) is 72.4 Å². The molecule has 3 aromatic carbocycles. The molecule has 0 radical (unpaired) electrons. The van der Waals surface area contributed by atoms with E-state index >= 15 is 0 Å². The highest BCUT2D eigenvalue weighted by Crippen LogP contribution is 2.36. The summed E-state index contributed by atoms with van der Waals surface area (Å²) in [5, 5.41) is 12.9. The normalized spacial score (nSPS) is 19.1. The van der Waals surface area contributed by atoms with E-state index < -0.39 is 5.97 Å². The van der Waals surface area contributed by atoms with Gasteiger partial charge in [-0.25, -0.2) is 0 Å². The van der Waals surface area contributed by atoms with E-state index in [1.165, 1.54) is 16.7 Å². The molecule has 0 saturated heterocycles. The molecule has 5 nitrogen and oxygen atoms in total. The highest BCUT2D eigenvalue weighted by Gasteiger charge is 2.29. The molecule has 2 N–H and O–H groups in total. The van der Waals surface area contributed by atoms with Crippen molar-refractivity contribution < 1.29 is 14.7 Å². The number of hydrogen-bond donors (Lipinski definition) is 2. The van der Waals surface area contributed by atoms with E-state index in [1.54, 1.807) is 6.07 Å². The number of carboxylic acid groups (broad SMARTS) is 1.